The summed E-state index contributed by atoms with van der Waals surface area (Å²) in [4.78, 5) is 0. The van der Waals surface area contributed by atoms with Crippen LogP contribution < -0.4 is 15.2 Å². The summed E-state index contributed by atoms with van der Waals surface area (Å²) in [6, 6.07) is 11.2. The summed E-state index contributed by atoms with van der Waals surface area (Å²) >= 11 is 0. The lowest BCUT2D eigenvalue weighted by atomic mass is 9.67. The first kappa shape index (κ1) is 16.4. The van der Waals surface area contributed by atoms with E-state index in [-0.39, 0.29) is 17.7 Å². The number of allylic oxidation sites excluding steroid dienone is 1. The molecule has 3 atom stereocenters. The Morgan fingerprint density at radius 3 is 2.64 bits per heavy atom. The van der Waals surface area contributed by atoms with E-state index >= 15 is 0 Å². The number of methoxy groups -OCH3 is 1. The van der Waals surface area contributed by atoms with Gasteiger partial charge < -0.3 is 20.6 Å². The predicted octanol–water partition coefficient (Wildman–Crippen LogP) is 1.98. The van der Waals surface area contributed by atoms with Crippen molar-refractivity contribution in [3.63, 3.8) is 0 Å². The van der Waals surface area contributed by atoms with Crippen molar-refractivity contribution in [2.75, 3.05) is 7.11 Å². The second-order valence-corrected chi connectivity index (χ2v) is 5.98. The Bertz CT molecular complexity index is 886. The van der Waals surface area contributed by atoms with Crippen molar-refractivity contribution >= 4 is 5.71 Å². The molecule has 3 unspecified atom stereocenters. The molecular formula is C18H15N5O2. The Morgan fingerprint density at radius 1 is 1.32 bits per heavy atom. The van der Waals surface area contributed by atoms with E-state index in [4.69, 9.17) is 20.6 Å². The van der Waals surface area contributed by atoms with Crippen molar-refractivity contribution in [1.29, 1.82) is 21.2 Å². The van der Waals surface area contributed by atoms with Crippen molar-refractivity contribution in [3.05, 3.63) is 35.0 Å². The molecule has 1 aliphatic heterocycles. The molecule has 0 aromatic heterocycles. The number of benzene rings is 1. The second-order valence-electron chi connectivity index (χ2n) is 5.98. The second kappa shape index (κ2) is 6.19. The summed E-state index contributed by atoms with van der Waals surface area (Å²) in [6.45, 7) is 0. The van der Waals surface area contributed by atoms with Crippen LogP contribution in [-0.2, 0) is 0 Å². The molecule has 0 saturated heterocycles. The molecule has 1 heterocycles. The fourth-order valence-electron chi connectivity index (χ4n) is 3.58. The van der Waals surface area contributed by atoms with Crippen LogP contribution in [0, 0.1) is 51.2 Å². The van der Waals surface area contributed by atoms with Gasteiger partial charge in [-0.1, -0.05) is 6.07 Å². The molecule has 1 aromatic carbocycles. The standard InChI is InChI=1S/C18H15N5O2/c1-24-10-2-3-11-14(4-10)25-15-5-13(22)12(8-21)18(23)17(15)16(11)9(6-19)7-20/h2-4,9,15-17,23H,5,22H2,1H3. The molecule has 1 aliphatic carbocycles. The molecule has 7 nitrogen and oxygen atoms in total. The molecule has 3 rings (SSSR count). The van der Waals surface area contributed by atoms with E-state index in [1.54, 1.807) is 18.2 Å². The number of ether oxygens (including phenoxy) is 2. The minimum Gasteiger partial charge on any atom is -0.497 e. The minimum absolute atomic E-state index is 0.0261. The highest BCUT2D eigenvalue weighted by atomic mass is 16.5. The van der Waals surface area contributed by atoms with Gasteiger partial charge in [0.15, 0.2) is 0 Å². The van der Waals surface area contributed by atoms with Crippen molar-refractivity contribution in [3.8, 4) is 29.7 Å². The molecule has 1 aromatic rings. The van der Waals surface area contributed by atoms with Gasteiger partial charge in [-0.15, -0.1) is 0 Å². The zero-order valence-corrected chi connectivity index (χ0v) is 13.5. The van der Waals surface area contributed by atoms with Gasteiger partial charge in [0.25, 0.3) is 0 Å². The lowest BCUT2D eigenvalue weighted by Crippen LogP contribution is -2.47. The third kappa shape index (κ3) is 2.45. The van der Waals surface area contributed by atoms with Crippen LogP contribution in [0.5, 0.6) is 11.5 Å². The molecule has 124 valence electrons. The van der Waals surface area contributed by atoms with Gasteiger partial charge >= 0.3 is 0 Å². The highest BCUT2D eigenvalue weighted by Gasteiger charge is 2.48. The summed E-state index contributed by atoms with van der Waals surface area (Å²) < 4.78 is 11.2. The minimum atomic E-state index is -0.969. The molecule has 0 fully saturated rings. The number of hydrogen-bond donors (Lipinski definition) is 2. The van der Waals surface area contributed by atoms with Crippen LogP contribution in [0.3, 0.4) is 0 Å². The van der Waals surface area contributed by atoms with Crippen LogP contribution in [-0.4, -0.2) is 18.9 Å². The molecule has 3 N–H and O–H groups in total. The zero-order chi connectivity index (χ0) is 18.1. The highest BCUT2D eigenvalue weighted by Crippen LogP contribution is 2.49. The van der Waals surface area contributed by atoms with Gasteiger partial charge in [-0.05, 0) is 6.07 Å². The first-order chi connectivity index (χ1) is 12.0. The highest BCUT2D eigenvalue weighted by molar-refractivity contribution is 6.05. The van der Waals surface area contributed by atoms with E-state index in [1.807, 2.05) is 18.2 Å². The Hall–Kier alpha value is -3.50. The Balaban J connectivity index is 2.18. The van der Waals surface area contributed by atoms with Gasteiger partial charge in [0.2, 0.25) is 0 Å². The quantitative estimate of drug-likeness (QED) is 0.848. The van der Waals surface area contributed by atoms with Crippen LogP contribution in [0.25, 0.3) is 0 Å². The van der Waals surface area contributed by atoms with Gasteiger partial charge in [-0.3, -0.25) is 0 Å². The average molecular weight is 333 g/mol. The molecule has 7 heteroatoms. The van der Waals surface area contributed by atoms with Gasteiger partial charge in [0, 0.05) is 35.6 Å². The number of hydrogen-bond acceptors (Lipinski definition) is 7. The number of fused-ring (bicyclic) bond motifs is 2. The lowest BCUT2D eigenvalue weighted by Gasteiger charge is -2.42. The fraction of sp³-hybridized carbons (Fsp3) is 0.333. The maximum Gasteiger partial charge on any atom is 0.141 e. The van der Waals surface area contributed by atoms with Crippen LogP contribution in [0.15, 0.2) is 29.5 Å². The summed E-state index contributed by atoms with van der Waals surface area (Å²) in [5.74, 6) is -1.01. The van der Waals surface area contributed by atoms with Gasteiger partial charge in [0.1, 0.15) is 29.6 Å². The largest absolute Gasteiger partial charge is 0.497 e. The molecule has 0 saturated carbocycles. The van der Waals surface area contributed by atoms with Crippen LogP contribution in [0.1, 0.15) is 17.9 Å². The van der Waals surface area contributed by atoms with Crippen molar-refractivity contribution < 1.29 is 9.47 Å². The van der Waals surface area contributed by atoms with E-state index in [1.165, 1.54) is 7.11 Å². The predicted molar refractivity (Wildman–Crippen MR) is 87.5 cm³/mol. The van der Waals surface area contributed by atoms with Gasteiger partial charge in [-0.25, -0.2) is 0 Å². The molecule has 25 heavy (non-hydrogen) atoms. The molecule has 0 radical (unpaired) electrons. The smallest absolute Gasteiger partial charge is 0.141 e. The van der Waals surface area contributed by atoms with Crippen molar-refractivity contribution in [2.24, 2.45) is 17.6 Å². The van der Waals surface area contributed by atoms with Crippen LogP contribution >= 0.6 is 0 Å². The van der Waals surface area contributed by atoms with Gasteiger partial charge in [-0.2, -0.15) is 15.8 Å². The Kier molecular flexibility index (Phi) is 4.05. The Morgan fingerprint density at radius 2 is 2.04 bits per heavy atom. The molecule has 0 spiro atoms. The molecule has 0 bridgehead atoms. The van der Waals surface area contributed by atoms with Crippen molar-refractivity contribution in [2.45, 2.75) is 18.4 Å². The summed E-state index contributed by atoms with van der Waals surface area (Å²) in [6.07, 6.45) is -0.231. The van der Waals surface area contributed by atoms with Gasteiger partial charge in [0.05, 0.1) is 30.5 Å². The summed E-state index contributed by atoms with van der Waals surface area (Å²) in [5.41, 5.74) is 7.03. The summed E-state index contributed by atoms with van der Waals surface area (Å²) in [5, 5.41) is 36.6. The average Bonchev–Trinajstić information content (AvgIpc) is 2.61. The number of nitrogens with two attached hydrogens (primary N) is 1. The summed E-state index contributed by atoms with van der Waals surface area (Å²) in [7, 11) is 1.54. The number of nitriles is 3. The number of nitrogens with one attached hydrogen (secondary N) is 1. The maximum atomic E-state index is 9.45. The van der Waals surface area contributed by atoms with Crippen molar-refractivity contribution in [1.82, 2.24) is 0 Å². The van der Waals surface area contributed by atoms with Crippen LogP contribution in [0.4, 0.5) is 0 Å². The maximum absolute atomic E-state index is 9.45. The van der Waals surface area contributed by atoms with E-state index in [0.717, 1.165) is 0 Å². The topological polar surface area (TPSA) is 140 Å². The molecular weight excluding hydrogens is 318 g/mol. The normalized spacial score (nSPS) is 24.3. The Labute approximate surface area is 145 Å². The van der Waals surface area contributed by atoms with E-state index < -0.39 is 23.9 Å². The SMILES string of the molecule is COc1ccc2c(c1)OC1CC(N)=C(C#N)C(=N)C1C2C(C#N)C#N. The van der Waals surface area contributed by atoms with E-state index in [2.05, 4.69) is 0 Å². The third-order valence-corrected chi connectivity index (χ3v) is 4.74. The zero-order valence-electron chi connectivity index (χ0n) is 13.5. The lowest BCUT2D eigenvalue weighted by molar-refractivity contribution is 0.117. The molecule has 2 aliphatic rings. The monoisotopic (exact) mass is 333 g/mol. The number of nitrogens with zero attached hydrogens (tertiary/aromatic N) is 3. The van der Waals surface area contributed by atoms with E-state index in [0.29, 0.717) is 22.8 Å². The third-order valence-electron chi connectivity index (χ3n) is 4.74. The number of rotatable bonds is 2. The fourth-order valence-corrected chi connectivity index (χ4v) is 3.58. The first-order valence-electron chi connectivity index (χ1n) is 7.67. The molecule has 0 amide bonds. The van der Waals surface area contributed by atoms with Crippen LogP contribution in [0.2, 0.25) is 0 Å². The first-order valence-corrected chi connectivity index (χ1v) is 7.67. The van der Waals surface area contributed by atoms with E-state index in [9.17, 15) is 15.8 Å².